The SMILES string of the molecule is Cc1cc(F)cc(C(Br)Cc2ccccc2C)c1. The van der Waals surface area contributed by atoms with Gasteiger partial charge in [0.25, 0.3) is 0 Å². The molecule has 1 atom stereocenters. The molecule has 0 radical (unpaired) electrons. The number of rotatable bonds is 3. The topological polar surface area (TPSA) is 0 Å². The van der Waals surface area contributed by atoms with Crippen LogP contribution in [0.2, 0.25) is 0 Å². The van der Waals surface area contributed by atoms with Crippen LogP contribution in [0.1, 0.15) is 27.1 Å². The van der Waals surface area contributed by atoms with Crippen LogP contribution in [0.4, 0.5) is 4.39 Å². The first-order valence-corrected chi connectivity index (χ1v) is 6.93. The number of aryl methyl sites for hydroxylation is 2. The van der Waals surface area contributed by atoms with Crippen LogP contribution in [0.5, 0.6) is 0 Å². The molecule has 18 heavy (non-hydrogen) atoms. The average Bonchev–Trinajstić information content (AvgIpc) is 2.31. The lowest BCUT2D eigenvalue weighted by atomic mass is 9.99. The van der Waals surface area contributed by atoms with E-state index in [4.69, 9.17) is 0 Å². The second kappa shape index (κ2) is 5.66. The molecule has 0 spiro atoms. The Labute approximate surface area is 116 Å². The van der Waals surface area contributed by atoms with Crippen molar-refractivity contribution in [1.82, 2.24) is 0 Å². The molecule has 94 valence electrons. The van der Waals surface area contributed by atoms with E-state index in [1.807, 2.05) is 25.1 Å². The van der Waals surface area contributed by atoms with E-state index in [9.17, 15) is 4.39 Å². The lowest BCUT2D eigenvalue weighted by Gasteiger charge is -2.13. The van der Waals surface area contributed by atoms with Gasteiger partial charge in [-0.3, -0.25) is 0 Å². The van der Waals surface area contributed by atoms with Crippen LogP contribution in [-0.2, 0) is 6.42 Å². The molecule has 0 N–H and O–H groups in total. The van der Waals surface area contributed by atoms with Gasteiger partial charge in [0.15, 0.2) is 0 Å². The third-order valence-electron chi connectivity index (χ3n) is 3.09. The van der Waals surface area contributed by atoms with Gasteiger partial charge in [0.1, 0.15) is 5.82 Å². The number of alkyl halides is 1. The Morgan fingerprint density at radius 3 is 2.50 bits per heavy atom. The molecule has 2 aromatic rings. The Hall–Kier alpha value is -1.15. The lowest BCUT2D eigenvalue weighted by Crippen LogP contribution is -1.98. The Balaban J connectivity index is 2.22. The molecule has 2 heteroatoms. The molecule has 0 fully saturated rings. The quantitative estimate of drug-likeness (QED) is 0.690. The van der Waals surface area contributed by atoms with Gasteiger partial charge in [0.2, 0.25) is 0 Å². The van der Waals surface area contributed by atoms with E-state index in [2.05, 4.69) is 35.0 Å². The fourth-order valence-electron chi connectivity index (χ4n) is 2.10. The summed E-state index contributed by atoms with van der Waals surface area (Å²) >= 11 is 3.66. The van der Waals surface area contributed by atoms with Crippen LogP contribution in [0.25, 0.3) is 0 Å². The highest BCUT2D eigenvalue weighted by Crippen LogP contribution is 2.29. The molecule has 0 bridgehead atoms. The van der Waals surface area contributed by atoms with Crippen LogP contribution in [0.3, 0.4) is 0 Å². The second-order valence-electron chi connectivity index (χ2n) is 4.66. The lowest BCUT2D eigenvalue weighted by molar-refractivity contribution is 0.623. The molecule has 0 aliphatic rings. The summed E-state index contributed by atoms with van der Waals surface area (Å²) in [4.78, 5) is 0.146. The van der Waals surface area contributed by atoms with Gasteiger partial charge >= 0.3 is 0 Å². The van der Waals surface area contributed by atoms with Gasteiger partial charge in [-0.2, -0.15) is 0 Å². The molecule has 0 saturated heterocycles. The molecule has 0 aliphatic heterocycles. The van der Waals surface area contributed by atoms with E-state index in [0.717, 1.165) is 17.5 Å². The highest BCUT2D eigenvalue weighted by Gasteiger charge is 2.11. The summed E-state index contributed by atoms with van der Waals surface area (Å²) < 4.78 is 13.4. The third-order valence-corrected chi connectivity index (χ3v) is 3.94. The van der Waals surface area contributed by atoms with E-state index in [1.54, 1.807) is 12.1 Å². The Kier molecular flexibility index (Phi) is 4.18. The highest BCUT2D eigenvalue weighted by molar-refractivity contribution is 9.09. The Morgan fingerprint density at radius 2 is 1.83 bits per heavy atom. The van der Waals surface area contributed by atoms with Crippen molar-refractivity contribution in [2.45, 2.75) is 25.1 Å². The van der Waals surface area contributed by atoms with Gasteiger partial charge in [-0.05, 0) is 54.7 Å². The molecular weight excluding hydrogens is 291 g/mol. The summed E-state index contributed by atoms with van der Waals surface area (Å²) in [5, 5.41) is 0. The highest BCUT2D eigenvalue weighted by atomic mass is 79.9. The van der Waals surface area contributed by atoms with Crippen molar-refractivity contribution in [3.8, 4) is 0 Å². The van der Waals surface area contributed by atoms with E-state index in [1.165, 1.54) is 11.1 Å². The van der Waals surface area contributed by atoms with Crippen molar-refractivity contribution in [3.05, 3.63) is 70.5 Å². The van der Waals surface area contributed by atoms with Crippen molar-refractivity contribution in [2.24, 2.45) is 0 Å². The third kappa shape index (κ3) is 3.20. The molecule has 0 nitrogen and oxygen atoms in total. The van der Waals surface area contributed by atoms with Gasteiger partial charge in [-0.1, -0.05) is 46.3 Å². The zero-order valence-corrected chi connectivity index (χ0v) is 12.2. The van der Waals surface area contributed by atoms with Crippen LogP contribution in [-0.4, -0.2) is 0 Å². The fraction of sp³-hybridized carbons (Fsp3) is 0.250. The van der Waals surface area contributed by atoms with Crippen molar-refractivity contribution in [2.75, 3.05) is 0 Å². The fourth-order valence-corrected chi connectivity index (χ4v) is 2.71. The van der Waals surface area contributed by atoms with E-state index < -0.39 is 0 Å². The van der Waals surface area contributed by atoms with Gasteiger partial charge in [0.05, 0.1) is 0 Å². The zero-order chi connectivity index (χ0) is 13.1. The number of halogens is 2. The Bertz CT molecular complexity index is 528. The van der Waals surface area contributed by atoms with Gasteiger partial charge < -0.3 is 0 Å². The normalized spacial score (nSPS) is 12.4. The first kappa shape index (κ1) is 13.3. The van der Waals surface area contributed by atoms with Crippen molar-refractivity contribution < 1.29 is 4.39 Å². The van der Waals surface area contributed by atoms with Crippen molar-refractivity contribution in [3.63, 3.8) is 0 Å². The summed E-state index contributed by atoms with van der Waals surface area (Å²) in [6, 6.07) is 13.5. The van der Waals surface area contributed by atoms with Crippen LogP contribution in [0.15, 0.2) is 42.5 Å². The van der Waals surface area contributed by atoms with Crippen LogP contribution >= 0.6 is 15.9 Å². The van der Waals surface area contributed by atoms with Crippen LogP contribution < -0.4 is 0 Å². The molecule has 2 rings (SSSR count). The predicted molar refractivity (Wildman–Crippen MR) is 77.7 cm³/mol. The van der Waals surface area contributed by atoms with E-state index in [0.29, 0.717) is 0 Å². The predicted octanol–water partition coefficient (Wildman–Crippen LogP) is 5.12. The summed E-state index contributed by atoms with van der Waals surface area (Å²) in [6.07, 6.45) is 0.871. The maximum Gasteiger partial charge on any atom is 0.123 e. The molecule has 1 unspecified atom stereocenters. The van der Waals surface area contributed by atoms with Crippen LogP contribution in [0, 0.1) is 19.7 Å². The van der Waals surface area contributed by atoms with Crippen molar-refractivity contribution in [1.29, 1.82) is 0 Å². The molecule has 0 aromatic heterocycles. The van der Waals surface area contributed by atoms with E-state index >= 15 is 0 Å². The number of hydrogen-bond donors (Lipinski definition) is 0. The minimum atomic E-state index is -0.167. The maximum absolute atomic E-state index is 13.4. The standard InChI is InChI=1S/C16H16BrF/c1-11-7-14(9-15(18)8-11)16(17)10-13-6-4-3-5-12(13)2/h3-9,16H,10H2,1-2H3. The second-order valence-corrected chi connectivity index (χ2v) is 5.77. The number of benzene rings is 2. The monoisotopic (exact) mass is 306 g/mol. The largest absolute Gasteiger partial charge is 0.207 e. The molecule has 2 aromatic carbocycles. The zero-order valence-electron chi connectivity index (χ0n) is 10.6. The minimum absolute atomic E-state index is 0.146. The maximum atomic E-state index is 13.4. The summed E-state index contributed by atoms with van der Waals surface area (Å²) in [5.41, 5.74) is 4.52. The van der Waals surface area contributed by atoms with Gasteiger partial charge in [0, 0.05) is 4.83 Å². The summed E-state index contributed by atoms with van der Waals surface area (Å²) in [7, 11) is 0. The molecule has 0 heterocycles. The minimum Gasteiger partial charge on any atom is -0.207 e. The van der Waals surface area contributed by atoms with Crippen molar-refractivity contribution >= 4 is 15.9 Å². The molecular formula is C16H16BrF. The average molecular weight is 307 g/mol. The smallest absolute Gasteiger partial charge is 0.123 e. The van der Waals surface area contributed by atoms with E-state index in [-0.39, 0.29) is 10.6 Å². The summed E-state index contributed by atoms with van der Waals surface area (Å²) in [6.45, 7) is 4.02. The molecule has 0 saturated carbocycles. The first-order valence-electron chi connectivity index (χ1n) is 6.02. The van der Waals surface area contributed by atoms with Gasteiger partial charge in [-0.15, -0.1) is 0 Å². The Morgan fingerprint density at radius 1 is 1.11 bits per heavy atom. The molecule has 0 amide bonds. The first-order chi connectivity index (χ1) is 8.56. The molecule has 0 aliphatic carbocycles. The van der Waals surface area contributed by atoms with Gasteiger partial charge in [-0.25, -0.2) is 4.39 Å². The summed E-state index contributed by atoms with van der Waals surface area (Å²) in [5.74, 6) is -0.167. The number of hydrogen-bond acceptors (Lipinski definition) is 0.